The third-order valence-corrected chi connectivity index (χ3v) is 5.18. The molecule has 0 amide bonds. The fourth-order valence-electron chi connectivity index (χ4n) is 3.61. The van der Waals surface area contributed by atoms with Gasteiger partial charge in [0.15, 0.2) is 0 Å². The first kappa shape index (κ1) is 18.8. The number of anilines is 3. The summed E-state index contributed by atoms with van der Waals surface area (Å²) in [4.78, 5) is 11.1. The zero-order chi connectivity index (χ0) is 18.5. The molecule has 0 spiro atoms. The van der Waals surface area contributed by atoms with Gasteiger partial charge in [-0.05, 0) is 49.9 Å². The second-order valence-corrected chi connectivity index (χ2v) is 7.35. The minimum absolute atomic E-state index is 0.196. The molecule has 3 rings (SSSR count). The second kappa shape index (κ2) is 8.58. The highest BCUT2D eigenvalue weighted by Crippen LogP contribution is 2.38. The zero-order valence-electron chi connectivity index (χ0n) is 15.6. The lowest BCUT2D eigenvalue weighted by Crippen LogP contribution is -2.30. The van der Waals surface area contributed by atoms with E-state index in [9.17, 15) is 0 Å². The van der Waals surface area contributed by atoms with E-state index in [-0.39, 0.29) is 6.04 Å². The van der Waals surface area contributed by atoms with Crippen LogP contribution in [-0.4, -0.2) is 23.1 Å². The summed E-state index contributed by atoms with van der Waals surface area (Å²) in [5, 5.41) is 4.27. The summed E-state index contributed by atoms with van der Waals surface area (Å²) in [6.07, 6.45) is 5.69. The number of rotatable bonds is 5. The number of hydrogen-bond acceptors (Lipinski definition) is 5. The Hall–Kier alpha value is -2.01. The second-order valence-electron chi connectivity index (χ2n) is 6.95. The highest BCUT2D eigenvalue weighted by atomic mass is 35.5. The van der Waals surface area contributed by atoms with Gasteiger partial charge in [-0.2, -0.15) is 4.98 Å². The summed E-state index contributed by atoms with van der Waals surface area (Å²) in [6.45, 7) is 6.02. The summed E-state index contributed by atoms with van der Waals surface area (Å²) in [6, 6.07) is 8.45. The van der Waals surface area contributed by atoms with E-state index in [4.69, 9.17) is 17.3 Å². The van der Waals surface area contributed by atoms with Crippen molar-refractivity contribution in [2.75, 3.05) is 29.0 Å². The quantitative estimate of drug-likeness (QED) is 0.774. The van der Waals surface area contributed by atoms with Crippen molar-refractivity contribution in [1.82, 2.24) is 9.97 Å². The Balaban J connectivity index is 1.99. The molecule has 5 nitrogen and oxygen atoms in total. The van der Waals surface area contributed by atoms with Gasteiger partial charge in [-0.25, -0.2) is 4.98 Å². The fourth-order valence-corrected chi connectivity index (χ4v) is 3.85. The number of nitrogens with one attached hydrogen (secondary N) is 1. The van der Waals surface area contributed by atoms with Crippen LogP contribution in [0.3, 0.4) is 0 Å². The molecule has 140 valence electrons. The summed E-state index contributed by atoms with van der Waals surface area (Å²) in [5.74, 6) is 1.22. The molecule has 6 heteroatoms. The van der Waals surface area contributed by atoms with E-state index in [0.29, 0.717) is 5.95 Å². The van der Waals surface area contributed by atoms with Gasteiger partial charge in [-0.3, -0.25) is 0 Å². The number of halogens is 1. The van der Waals surface area contributed by atoms with Crippen molar-refractivity contribution in [2.24, 2.45) is 0 Å². The van der Waals surface area contributed by atoms with Crippen LogP contribution in [-0.2, 0) is 0 Å². The van der Waals surface area contributed by atoms with Gasteiger partial charge in [0.25, 0.3) is 0 Å². The first-order valence-electron chi connectivity index (χ1n) is 9.49. The summed E-state index contributed by atoms with van der Waals surface area (Å²) < 4.78 is 0. The van der Waals surface area contributed by atoms with Crippen molar-refractivity contribution in [3.63, 3.8) is 0 Å². The Kier molecular flexibility index (Phi) is 6.20. The lowest BCUT2D eigenvalue weighted by molar-refractivity contribution is 0.596. The van der Waals surface area contributed by atoms with E-state index in [0.717, 1.165) is 60.1 Å². The zero-order valence-corrected chi connectivity index (χ0v) is 16.4. The molecule has 0 aliphatic carbocycles. The predicted molar refractivity (Wildman–Crippen MR) is 110 cm³/mol. The van der Waals surface area contributed by atoms with Crippen LogP contribution in [0.2, 0.25) is 5.02 Å². The first-order chi connectivity index (χ1) is 12.6. The molecule has 3 N–H and O–H groups in total. The maximum Gasteiger partial charge on any atom is 0.222 e. The van der Waals surface area contributed by atoms with Crippen molar-refractivity contribution in [3.05, 3.63) is 40.5 Å². The predicted octanol–water partition coefficient (Wildman–Crippen LogP) is 4.96. The van der Waals surface area contributed by atoms with E-state index in [1.165, 1.54) is 12.8 Å². The Morgan fingerprint density at radius 1 is 1.23 bits per heavy atom. The first-order valence-corrected chi connectivity index (χ1v) is 9.87. The Morgan fingerprint density at radius 2 is 2.08 bits per heavy atom. The van der Waals surface area contributed by atoms with Crippen molar-refractivity contribution >= 4 is 29.1 Å². The molecule has 1 aromatic heterocycles. The van der Waals surface area contributed by atoms with E-state index in [2.05, 4.69) is 39.2 Å². The van der Waals surface area contributed by atoms with Crippen LogP contribution in [0.4, 0.5) is 17.5 Å². The van der Waals surface area contributed by atoms with Crippen molar-refractivity contribution in [1.29, 1.82) is 0 Å². The molecule has 0 unspecified atom stereocenters. The van der Waals surface area contributed by atoms with E-state index >= 15 is 0 Å². The van der Waals surface area contributed by atoms with Crippen LogP contribution in [0.5, 0.6) is 0 Å². The molecule has 1 atom stereocenters. The molecule has 1 aromatic carbocycles. The summed E-state index contributed by atoms with van der Waals surface area (Å²) in [5.41, 5.74) is 9.08. The average Bonchev–Trinajstić information content (AvgIpc) is 2.86. The van der Waals surface area contributed by atoms with Crippen LogP contribution in [0.1, 0.15) is 56.3 Å². The minimum Gasteiger partial charge on any atom is -0.385 e. The van der Waals surface area contributed by atoms with E-state index < -0.39 is 0 Å². The number of nitrogens with zero attached hydrogens (tertiary/aromatic N) is 3. The van der Waals surface area contributed by atoms with Crippen LogP contribution in [0.25, 0.3) is 0 Å². The molecule has 1 aliphatic heterocycles. The highest BCUT2D eigenvalue weighted by Gasteiger charge is 2.26. The normalized spacial score (nSPS) is 17.8. The molecule has 26 heavy (non-hydrogen) atoms. The molecule has 0 saturated carbocycles. The molecule has 2 heterocycles. The lowest BCUT2D eigenvalue weighted by atomic mass is 10.00. The molecule has 1 saturated heterocycles. The monoisotopic (exact) mass is 373 g/mol. The number of benzene rings is 1. The molecular formula is C20H28ClN5. The van der Waals surface area contributed by atoms with Gasteiger partial charge < -0.3 is 16.0 Å². The smallest absolute Gasteiger partial charge is 0.222 e. The van der Waals surface area contributed by atoms with Gasteiger partial charge in [-0.15, -0.1) is 0 Å². The maximum atomic E-state index is 6.62. The van der Waals surface area contributed by atoms with Crippen molar-refractivity contribution in [2.45, 2.75) is 52.0 Å². The van der Waals surface area contributed by atoms with Gasteiger partial charge >= 0.3 is 0 Å². The van der Waals surface area contributed by atoms with Gasteiger partial charge in [0.1, 0.15) is 5.82 Å². The largest absolute Gasteiger partial charge is 0.385 e. The number of hydrogen-bond donors (Lipinski definition) is 2. The molecular weight excluding hydrogens is 346 g/mol. The Morgan fingerprint density at radius 3 is 2.85 bits per heavy atom. The molecule has 2 aromatic rings. The molecule has 1 aliphatic rings. The maximum absolute atomic E-state index is 6.62. The average molecular weight is 374 g/mol. The fraction of sp³-hybridized carbons (Fsp3) is 0.500. The van der Waals surface area contributed by atoms with Gasteiger partial charge in [0.2, 0.25) is 5.95 Å². The van der Waals surface area contributed by atoms with Crippen LogP contribution >= 0.6 is 11.6 Å². The van der Waals surface area contributed by atoms with Gasteiger partial charge in [0, 0.05) is 35.6 Å². The number of aryl methyl sites for hydroxylation is 1. The van der Waals surface area contributed by atoms with Gasteiger partial charge in [-0.1, -0.05) is 31.4 Å². The lowest BCUT2D eigenvalue weighted by Gasteiger charge is -2.32. The summed E-state index contributed by atoms with van der Waals surface area (Å²) in [7, 11) is 0. The third-order valence-electron chi connectivity index (χ3n) is 4.84. The number of nitrogens with two attached hydrogens (primary N) is 1. The van der Waals surface area contributed by atoms with Gasteiger partial charge in [0.05, 0.1) is 6.04 Å². The Bertz CT molecular complexity index is 729. The van der Waals surface area contributed by atoms with E-state index in [1.54, 1.807) is 0 Å². The molecule has 0 bridgehead atoms. The minimum atomic E-state index is 0.196. The topological polar surface area (TPSA) is 67.1 Å². The Labute approximate surface area is 161 Å². The number of nitrogen functional groups attached to an aromatic ring is 1. The van der Waals surface area contributed by atoms with Crippen LogP contribution in [0.15, 0.2) is 24.3 Å². The highest BCUT2D eigenvalue weighted by molar-refractivity contribution is 6.31. The van der Waals surface area contributed by atoms with Crippen molar-refractivity contribution in [3.8, 4) is 0 Å². The van der Waals surface area contributed by atoms with Crippen LogP contribution < -0.4 is 16.0 Å². The van der Waals surface area contributed by atoms with Crippen molar-refractivity contribution < 1.29 is 0 Å². The standard InChI is InChI=1S/C20H28ClN5/c1-3-10-23-15-8-9-17(21)16(13-15)18-7-5-4-6-11-26(18)19-12-14(2)24-20(22)25-19/h8-9,12-13,18,23H,3-7,10-11H2,1-2H3,(H2,22,24,25)/t18-/m0/s1. The SMILES string of the molecule is CCCNc1ccc(Cl)c([C@@H]2CCCCCN2c2cc(C)nc(N)n2)c1. The third kappa shape index (κ3) is 4.39. The van der Waals surface area contributed by atoms with Crippen LogP contribution in [0, 0.1) is 6.92 Å². The number of aromatic nitrogens is 2. The summed E-state index contributed by atoms with van der Waals surface area (Å²) >= 11 is 6.62. The van der Waals surface area contributed by atoms with E-state index in [1.807, 2.05) is 19.1 Å². The molecule has 0 radical (unpaired) electrons. The molecule has 1 fully saturated rings.